The number of aromatic nitrogens is 1. The first-order valence-corrected chi connectivity index (χ1v) is 17.0. The van der Waals surface area contributed by atoms with E-state index >= 15 is 0 Å². The highest BCUT2D eigenvalue weighted by Crippen LogP contribution is 2.33. The van der Waals surface area contributed by atoms with Crippen molar-refractivity contribution in [3.05, 3.63) is 64.0 Å². The van der Waals surface area contributed by atoms with Crippen LogP contribution in [0.15, 0.2) is 47.8 Å². The number of hydrogen-bond acceptors (Lipinski definition) is 9. The molecule has 0 radical (unpaired) electrons. The molecule has 15 heteroatoms. The summed E-state index contributed by atoms with van der Waals surface area (Å²) in [5, 5.41) is 16.9. The number of fused-ring (bicyclic) bond motifs is 1. The number of amides is 6. The third-order valence-corrected chi connectivity index (χ3v) is 9.10. The van der Waals surface area contributed by atoms with Gasteiger partial charge in [-0.1, -0.05) is 35.9 Å². The molecule has 1 aromatic heterocycles. The number of carbonyl (C=O) groups is 6. The fourth-order valence-electron chi connectivity index (χ4n) is 5.49. The average molecular weight is 694 g/mol. The summed E-state index contributed by atoms with van der Waals surface area (Å²) in [4.78, 5) is 80.4. The number of rotatable bonds is 14. The second-order valence-corrected chi connectivity index (χ2v) is 12.7. The van der Waals surface area contributed by atoms with Gasteiger partial charge in [-0.2, -0.15) is 0 Å². The first-order valence-electron chi connectivity index (χ1n) is 15.7. The molecule has 1 saturated heterocycles. The van der Waals surface area contributed by atoms with E-state index in [2.05, 4.69) is 31.6 Å². The predicted octanol–water partition coefficient (Wildman–Crippen LogP) is 3.46. The first kappa shape index (κ1) is 34.5. The third-order valence-electron chi connectivity index (χ3n) is 7.97. The highest BCUT2D eigenvalue weighted by Gasteiger charge is 2.38. The van der Waals surface area contributed by atoms with E-state index in [0.29, 0.717) is 65.7 Å². The Labute approximate surface area is 286 Å². The highest BCUT2D eigenvalue weighted by molar-refractivity contribution is 7.14. The van der Waals surface area contributed by atoms with E-state index in [1.54, 1.807) is 24.3 Å². The molecular formula is C33H36ClN7O6S. The summed E-state index contributed by atoms with van der Waals surface area (Å²) < 4.78 is 0. The maximum Gasteiger partial charge on any atom is 0.255 e. The topological polar surface area (TPSA) is 179 Å². The van der Waals surface area contributed by atoms with Crippen LogP contribution >= 0.6 is 22.9 Å². The zero-order chi connectivity index (χ0) is 34.0. The zero-order valence-electron chi connectivity index (χ0n) is 26.1. The minimum absolute atomic E-state index is 0.0143. The van der Waals surface area contributed by atoms with Crippen molar-refractivity contribution in [1.82, 2.24) is 25.8 Å². The van der Waals surface area contributed by atoms with Crippen LogP contribution in [0.25, 0.3) is 11.3 Å². The van der Waals surface area contributed by atoms with Crippen molar-refractivity contribution in [3.63, 3.8) is 0 Å². The van der Waals surface area contributed by atoms with Gasteiger partial charge in [0.15, 0.2) is 5.13 Å². The second kappa shape index (κ2) is 16.3. The Morgan fingerprint density at radius 1 is 0.938 bits per heavy atom. The Bertz CT molecular complexity index is 1710. The Morgan fingerprint density at radius 2 is 1.67 bits per heavy atom. The molecule has 5 N–H and O–H groups in total. The summed E-state index contributed by atoms with van der Waals surface area (Å²) in [6.45, 7) is 1.06. The van der Waals surface area contributed by atoms with Crippen LogP contribution in [0.1, 0.15) is 60.9 Å². The normalized spacial score (nSPS) is 15.7. The van der Waals surface area contributed by atoms with Gasteiger partial charge in [-0.05, 0) is 43.9 Å². The van der Waals surface area contributed by atoms with Crippen molar-refractivity contribution in [1.29, 1.82) is 0 Å². The third kappa shape index (κ3) is 8.95. The number of anilines is 2. The number of hydrogen-bond donors (Lipinski definition) is 5. The molecule has 0 bridgehead atoms. The number of nitrogens with zero attached hydrogens (tertiary/aromatic N) is 2. The number of carbonyl (C=O) groups excluding carboxylic acids is 6. The van der Waals surface area contributed by atoms with Crippen LogP contribution in [0.5, 0.6) is 0 Å². The van der Waals surface area contributed by atoms with Crippen LogP contribution < -0.4 is 26.6 Å². The maximum atomic E-state index is 13.1. The van der Waals surface area contributed by atoms with Crippen LogP contribution in [-0.2, 0) is 30.5 Å². The van der Waals surface area contributed by atoms with Crippen molar-refractivity contribution in [2.24, 2.45) is 0 Å². The van der Waals surface area contributed by atoms with Gasteiger partial charge >= 0.3 is 0 Å². The number of imide groups is 1. The van der Waals surface area contributed by atoms with Gasteiger partial charge < -0.3 is 26.2 Å². The van der Waals surface area contributed by atoms with E-state index < -0.39 is 11.9 Å². The van der Waals surface area contributed by atoms with Crippen molar-refractivity contribution < 1.29 is 28.8 Å². The van der Waals surface area contributed by atoms with Gasteiger partial charge in [-0.3, -0.25) is 34.1 Å². The van der Waals surface area contributed by atoms with Gasteiger partial charge in [0.1, 0.15) is 6.04 Å². The lowest BCUT2D eigenvalue weighted by molar-refractivity contribution is -0.132. The van der Waals surface area contributed by atoms with Crippen LogP contribution in [-0.4, -0.2) is 71.0 Å². The fourth-order valence-corrected chi connectivity index (χ4v) is 6.43. The van der Waals surface area contributed by atoms with E-state index in [9.17, 15) is 28.8 Å². The molecule has 3 aromatic rings. The van der Waals surface area contributed by atoms with E-state index in [-0.39, 0.29) is 61.9 Å². The van der Waals surface area contributed by atoms with Gasteiger partial charge in [0.2, 0.25) is 29.5 Å². The zero-order valence-corrected chi connectivity index (χ0v) is 27.7. The lowest BCUT2D eigenvalue weighted by atomic mass is 10.1. The maximum absolute atomic E-state index is 13.1. The Balaban J connectivity index is 0.955. The Kier molecular flexibility index (Phi) is 11.7. The molecule has 48 heavy (non-hydrogen) atoms. The molecule has 252 valence electrons. The number of nitrogens with one attached hydrogen (secondary N) is 5. The molecule has 6 amide bonds. The van der Waals surface area contributed by atoms with Gasteiger partial charge in [-0.25, -0.2) is 4.98 Å². The van der Waals surface area contributed by atoms with E-state index in [1.165, 1.54) is 16.2 Å². The predicted molar refractivity (Wildman–Crippen MR) is 181 cm³/mol. The second-order valence-electron chi connectivity index (χ2n) is 11.4. The summed E-state index contributed by atoms with van der Waals surface area (Å²) in [5.41, 5.74) is 3.00. The molecule has 13 nitrogen and oxygen atoms in total. The molecule has 1 atom stereocenters. The number of thiazole rings is 1. The summed E-state index contributed by atoms with van der Waals surface area (Å²) in [6, 6.07) is 11.6. The van der Waals surface area contributed by atoms with Gasteiger partial charge in [0.25, 0.3) is 5.91 Å². The van der Waals surface area contributed by atoms with Crippen LogP contribution in [0.2, 0.25) is 5.02 Å². The molecule has 5 rings (SSSR count). The lowest BCUT2D eigenvalue weighted by Gasteiger charge is -2.24. The lowest BCUT2D eigenvalue weighted by Crippen LogP contribution is -2.46. The highest BCUT2D eigenvalue weighted by atomic mass is 35.5. The molecular weight excluding hydrogens is 658 g/mol. The van der Waals surface area contributed by atoms with Crippen molar-refractivity contribution >= 4 is 69.2 Å². The summed E-state index contributed by atoms with van der Waals surface area (Å²) in [5.74, 6) is -2.00. The minimum atomic E-state index is -0.763. The van der Waals surface area contributed by atoms with E-state index in [4.69, 9.17) is 11.6 Å². The molecule has 0 spiro atoms. The van der Waals surface area contributed by atoms with Gasteiger partial charge in [0, 0.05) is 71.7 Å². The molecule has 3 heterocycles. The number of benzene rings is 2. The molecule has 1 unspecified atom stereocenters. The largest absolute Gasteiger partial charge is 0.356 e. The van der Waals surface area contributed by atoms with E-state index in [0.717, 1.165) is 11.3 Å². The van der Waals surface area contributed by atoms with E-state index in [1.807, 2.05) is 23.6 Å². The van der Waals surface area contributed by atoms with Crippen LogP contribution in [0, 0.1) is 0 Å². The van der Waals surface area contributed by atoms with Crippen LogP contribution in [0.3, 0.4) is 0 Å². The molecule has 0 saturated carbocycles. The molecule has 2 aliphatic heterocycles. The molecule has 2 aliphatic rings. The summed E-state index contributed by atoms with van der Waals surface area (Å²) in [7, 11) is 0. The average Bonchev–Trinajstić information content (AvgIpc) is 3.63. The fraction of sp³-hybridized carbons (Fsp3) is 0.364. The summed E-state index contributed by atoms with van der Waals surface area (Å²) >= 11 is 7.62. The molecule has 1 fully saturated rings. The SMILES string of the molecule is O=C(CCC(=O)Nc1cccc2c1CN(C1CCCC(=O)NC1=O)C2=O)NCCCCNC(=O)CNc1nc(-c2ccccc2Cl)cs1. The molecule has 0 aliphatic carbocycles. The summed E-state index contributed by atoms with van der Waals surface area (Å²) in [6.07, 6.45) is 2.33. The number of halogens is 1. The van der Waals surface area contributed by atoms with Crippen molar-refractivity contribution in [2.75, 3.05) is 30.3 Å². The van der Waals surface area contributed by atoms with Gasteiger partial charge in [0.05, 0.1) is 12.2 Å². The minimum Gasteiger partial charge on any atom is -0.356 e. The Morgan fingerprint density at radius 3 is 2.46 bits per heavy atom. The van der Waals surface area contributed by atoms with Crippen LogP contribution in [0.4, 0.5) is 10.8 Å². The quantitative estimate of drug-likeness (QED) is 0.126. The smallest absolute Gasteiger partial charge is 0.255 e. The first-order chi connectivity index (χ1) is 23.2. The molecule has 2 aromatic carbocycles. The number of unbranched alkanes of at least 4 members (excludes halogenated alkanes) is 1. The van der Waals surface area contributed by atoms with Crippen molar-refractivity contribution in [3.8, 4) is 11.3 Å². The monoisotopic (exact) mass is 693 g/mol. The standard InChI is InChI=1S/C33H36ClN7O6S/c34-23-9-2-1-7-21(23)25-19-48-33(39-25)37-17-30(45)36-16-4-3-15-35-27(42)13-14-29(44)38-24-10-5-8-20-22(24)18-41(32(20)47)26-11-6-12-28(43)40-31(26)46/h1-2,5,7-10,19,26H,3-4,6,11-18H2,(H,35,42)(H,36,45)(H,37,39)(H,38,44)(H,40,43,46). The Hall–Kier alpha value is -4.82. The van der Waals surface area contributed by atoms with Crippen molar-refractivity contribution in [2.45, 2.75) is 57.5 Å². The van der Waals surface area contributed by atoms with Gasteiger partial charge in [-0.15, -0.1) is 11.3 Å².